The Balaban J connectivity index is 3.55. The fourth-order valence-electron chi connectivity index (χ4n) is 0.550. The molecule has 0 N–H and O–H groups in total. The summed E-state index contributed by atoms with van der Waals surface area (Å²) >= 11 is 0. The smallest absolute Gasteiger partial charge is 0.384 e. The summed E-state index contributed by atoms with van der Waals surface area (Å²) in [5.74, 6) is 4.36. The highest BCUT2D eigenvalue weighted by molar-refractivity contribution is 5.88. The molecule has 0 aromatic carbocycles. The van der Waals surface area contributed by atoms with Crippen LogP contribution in [-0.4, -0.2) is 44.7 Å². The normalized spacial score (nSPS) is 10.0. The van der Waals surface area contributed by atoms with E-state index in [9.17, 15) is 4.79 Å². The zero-order valence-electron chi connectivity index (χ0n) is 8.18. The second-order valence-electron chi connectivity index (χ2n) is 3.52. The average molecular weight is 170 g/mol. The molecule has 0 heterocycles. The third-order valence-electron chi connectivity index (χ3n) is 1.22. The number of carbonyl (C=O) groups excluding carboxylic acids is 1. The molecule has 0 aliphatic rings. The average Bonchev–Trinajstić information content (AvgIpc) is 1.84. The van der Waals surface area contributed by atoms with Crippen LogP contribution in [0.3, 0.4) is 0 Å². The van der Waals surface area contributed by atoms with Crippen LogP contribution >= 0.6 is 0 Å². The highest BCUT2D eigenvalue weighted by atomic mass is 16.5. The Kier molecular flexibility index (Phi) is 4.38. The van der Waals surface area contributed by atoms with E-state index in [-0.39, 0.29) is 0 Å². The first-order valence-corrected chi connectivity index (χ1v) is 3.85. The molecule has 3 heteroatoms. The van der Waals surface area contributed by atoms with E-state index in [1.165, 1.54) is 0 Å². The lowest BCUT2D eigenvalue weighted by Gasteiger charge is -2.22. The van der Waals surface area contributed by atoms with Crippen molar-refractivity contribution < 1.29 is 14.0 Å². The molecular formula is C9H16NO2+. The summed E-state index contributed by atoms with van der Waals surface area (Å²) in [7, 11) is 6.12. The maximum Gasteiger partial charge on any atom is 0.384 e. The van der Waals surface area contributed by atoms with Crippen molar-refractivity contribution in [1.82, 2.24) is 0 Å². The van der Waals surface area contributed by atoms with Gasteiger partial charge in [0.05, 0.1) is 21.1 Å². The van der Waals surface area contributed by atoms with Crippen molar-refractivity contribution in [3.8, 4) is 11.8 Å². The van der Waals surface area contributed by atoms with E-state index in [4.69, 9.17) is 4.74 Å². The largest absolute Gasteiger partial charge is 0.450 e. The first-order valence-electron chi connectivity index (χ1n) is 3.85. The van der Waals surface area contributed by atoms with Crippen molar-refractivity contribution in [3.63, 3.8) is 0 Å². The summed E-state index contributed by atoms with van der Waals surface area (Å²) in [5.41, 5.74) is 0. The van der Waals surface area contributed by atoms with Gasteiger partial charge in [0.15, 0.2) is 0 Å². The van der Waals surface area contributed by atoms with Crippen molar-refractivity contribution in [2.45, 2.75) is 6.92 Å². The van der Waals surface area contributed by atoms with E-state index in [0.29, 0.717) is 6.61 Å². The number of ether oxygens (including phenoxy) is 1. The minimum absolute atomic E-state index is 0.428. The topological polar surface area (TPSA) is 26.3 Å². The highest BCUT2D eigenvalue weighted by Crippen LogP contribution is 1.89. The summed E-state index contributed by atoms with van der Waals surface area (Å²) in [4.78, 5) is 10.7. The van der Waals surface area contributed by atoms with Gasteiger partial charge in [0.1, 0.15) is 13.2 Å². The van der Waals surface area contributed by atoms with Gasteiger partial charge in [-0.2, -0.15) is 0 Å². The molecule has 3 nitrogen and oxygen atoms in total. The SMILES string of the molecule is CC#CC(=O)OCC[N+](C)(C)C. The Hall–Kier alpha value is -1.01. The van der Waals surface area contributed by atoms with Crippen LogP contribution in [0, 0.1) is 11.8 Å². The Morgan fingerprint density at radius 2 is 2.00 bits per heavy atom. The minimum Gasteiger partial charge on any atom is -0.450 e. The quantitative estimate of drug-likeness (QED) is 0.263. The molecule has 68 valence electrons. The van der Waals surface area contributed by atoms with Gasteiger partial charge in [0.2, 0.25) is 0 Å². The molecule has 0 rings (SSSR count). The number of nitrogens with zero attached hydrogens (tertiary/aromatic N) is 1. The van der Waals surface area contributed by atoms with Gasteiger partial charge < -0.3 is 9.22 Å². The van der Waals surface area contributed by atoms with E-state index in [2.05, 4.69) is 11.8 Å². The minimum atomic E-state index is -0.439. The summed E-state index contributed by atoms with van der Waals surface area (Å²) in [6, 6.07) is 0. The van der Waals surface area contributed by atoms with Crippen molar-refractivity contribution in [2.24, 2.45) is 0 Å². The van der Waals surface area contributed by atoms with Crippen LogP contribution in [0.4, 0.5) is 0 Å². The molecule has 0 aromatic heterocycles. The van der Waals surface area contributed by atoms with Gasteiger partial charge in [-0.1, -0.05) is 5.92 Å². The first kappa shape index (κ1) is 11.0. The van der Waals surface area contributed by atoms with E-state index in [0.717, 1.165) is 11.0 Å². The lowest BCUT2D eigenvalue weighted by atomic mass is 10.5. The Morgan fingerprint density at radius 1 is 1.42 bits per heavy atom. The van der Waals surface area contributed by atoms with Crippen LogP contribution in [-0.2, 0) is 9.53 Å². The van der Waals surface area contributed by atoms with Gasteiger partial charge in [0, 0.05) is 5.92 Å². The number of esters is 1. The summed E-state index contributed by atoms with van der Waals surface area (Å²) in [5, 5.41) is 0. The monoisotopic (exact) mass is 170 g/mol. The number of hydrogen-bond donors (Lipinski definition) is 0. The predicted molar refractivity (Wildman–Crippen MR) is 47.3 cm³/mol. The Labute approximate surface area is 73.9 Å². The van der Waals surface area contributed by atoms with Gasteiger partial charge in [-0.15, -0.1) is 0 Å². The second-order valence-corrected chi connectivity index (χ2v) is 3.52. The lowest BCUT2D eigenvalue weighted by molar-refractivity contribution is -0.870. The second kappa shape index (κ2) is 4.78. The van der Waals surface area contributed by atoms with Crippen LogP contribution in [0.15, 0.2) is 0 Å². The van der Waals surface area contributed by atoms with Crippen molar-refractivity contribution in [2.75, 3.05) is 34.3 Å². The van der Waals surface area contributed by atoms with Crippen LogP contribution in [0.5, 0.6) is 0 Å². The van der Waals surface area contributed by atoms with Gasteiger partial charge in [-0.3, -0.25) is 0 Å². The molecule has 0 saturated heterocycles. The van der Waals surface area contributed by atoms with E-state index in [1.807, 2.05) is 21.1 Å². The van der Waals surface area contributed by atoms with E-state index in [1.54, 1.807) is 6.92 Å². The molecule has 0 saturated carbocycles. The molecule has 0 unspecified atom stereocenters. The third kappa shape index (κ3) is 7.10. The predicted octanol–water partition coefficient (Wildman–Crippen LogP) is 0.259. The van der Waals surface area contributed by atoms with Gasteiger partial charge >= 0.3 is 5.97 Å². The maximum absolute atomic E-state index is 10.7. The summed E-state index contributed by atoms with van der Waals surface area (Å²) in [6.45, 7) is 2.84. The lowest BCUT2D eigenvalue weighted by Crippen LogP contribution is -2.37. The molecule has 0 aliphatic heterocycles. The van der Waals surface area contributed by atoms with Gasteiger partial charge in [-0.05, 0) is 6.92 Å². The molecule has 0 amide bonds. The molecule has 0 spiro atoms. The molecule has 12 heavy (non-hydrogen) atoms. The summed E-state index contributed by atoms with van der Waals surface area (Å²) < 4.78 is 5.61. The highest BCUT2D eigenvalue weighted by Gasteiger charge is 2.07. The van der Waals surface area contributed by atoms with E-state index < -0.39 is 5.97 Å². The van der Waals surface area contributed by atoms with Crippen LogP contribution in [0.25, 0.3) is 0 Å². The van der Waals surface area contributed by atoms with Crippen molar-refractivity contribution in [3.05, 3.63) is 0 Å². The van der Waals surface area contributed by atoms with Crippen molar-refractivity contribution in [1.29, 1.82) is 0 Å². The molecular weight excluding hydrogens is 154 g/mol. The van der Waals surface area contributed by atoms with Crippen LogP contribution in [0.2, 0.25) is 0 Å². The zero-order valence-corrected chi connectivity index (χ0v) is 8.18. The third-order valence-corrected chi connectivity index (χ3v) is 1.22. The van der Waals surface area contributed by atoms with E-state index >= 15 is 0 Å². The molecule has 0 atom stereocenters. The summed E-state index contributed by atoms with van der Waals surface area (Å²) in [6.07, 6.45) is 0. The van der Waals surface area contributed by atoms with Crippen LogP contribution in [0.1, 0.15) is 6.92 Å². The first-order chi connectivity index (χ1) is 5.45. The molecule has 0 fully saturated rings. The maximum atomic E-state index is 10.7. The number of likely N-dealkylation sites (N-methyl/N-ethyl adjacent to an activating group) is 1. The molecule has 0 radical (unpaired) electrons. The molecule has 0 aromatic rings. The van der Waals surface area contributed by atoms with Gasteiger partial charge in [-0.25, -0.2) is 4.79 Å². The number of rotatable bonds is 3. The van der Waals surface area contributed by atoms with Crippen LogP contribution < -0.4 is 0 Å². The zero-order chi connectivity index (χ0) is 9.61. The Bertz CT molecular complexity index is 205. The van der Waals surface area contributed by atoms with Crippen molar-refractivity contribution >= 4 is 5.97 Å². The standard InChI is InChI=1S/C9H16NO2/c1-5-6-9(11)12-8-7-10(2,3)4/h7-8H2,1-4H3/q+1. The Morgan fingerprint density at radius 3 is 2.42 bits per heavy atom. The fourth-order valence-corrected chi connectivity index (χ4v) is 0.550. The number of hydrogen-bond acceptors (Lipinski definition) is 2. The number of quaternary nitrogens is 1. The van der Waals surface area contributed by atoms with Gasteiger partial charge in [0.25, 0.3) is 0 Å². The number of carbonyl (C=O) groups is 1. The fraction of sp³-hybridized carbons (Fsp3) is 0.667. The molecule has 0 bridgehead atoms. The molecule has 0 aliphatic carbocycles.